The van der Waals surface area contributed by atoms with Crippen molar-refractivity contribution in [1.29, 1.82) is 5.26 Å². The maximum atomic E-state index is 13.6. The fraction of sp³-hybridized carbons (Fsp3) is 0.462. The molecule has 0 saturated heterocycles. The van der Waals surface area contributed by atoms with Gasteiger partial charge in [0.25, 0.3) is 10.0 Å². The number of carbonyl (C=O) groups is 1. The predicted octanol–water partition coefficient (Wildman–Crippen LogP) is 4.29. The molecule has 9 rings (SSSR count). The molecule has 0 amide bonds. The number of aromatic carboxylic acids is 1. The zero-order chi connectivity index (χ0) is 24.0. The largest absolute Gasteiger partial charge is 0.491 e. The second kappa shape index (κ2) is 6.32. The molecule has 0 bridgehead atoms. The number of nitrogens with one attached hydrogen (secondary N) is 1. The van der Waals surface area contributed by atoms with Crippen molar-refractivity contribution in [3.05, 3.63) is 50.6 Å². The molecule has 2 aromatic rings. The van der Waals surface area contributed by atoms with Crippen molar-refractivity contribution in [2.75, 3.05) is 11.3 Å². The molecule has 7 fully saturated rings. The van der Waals surface area contributed by atoms with Crippen molar-refractivity contribution < 1.29 is 23.1 Å². The number of hydrogen-bond donors (Lipinski definition) is 2. The smallest absolute Gasteiger partial charge is 0.335 e. The average Bonchev–Trinajstić information content (AvgIpc) is 3.69. The molecule has 7 nitrogen and oxygen atoms in total. The summed E-state index contributed by atoms with van der Waals surface area (Å²) < 4.78 is 36.8. The maximum absolute atomic E-state index is 13.6. The lowest BCUT2D eigenvalue weighted by Crippen LogP contribution is -3.06. The van der Waals surface area contributed by atoms with Crippen LogP contribution in [0.5, 0.6) is 5.75 Å². The Morgan fingerprint density at radius 2 is 1.83 bits per heavy atom. The Morgan fingerprint density at radius 1 is 1.14 bits per heavy atom. The Balaban J connectivity index is 1.13. The van der Waals surface area contributed by atoms with E-state index in [-0.39, 0.29) is 22.1 Å². The molecule has 0 aromatic heterocycles. The Bertz CT molecular complexity index is 1470. The number of halogens is 1. The molecule has 7 saturated carbocycles. The third-order valence-corrected chi connectivity index (χ3v) is 12.5. The first-order valence-corrected chi connectivity index (χ1v) is 14.6. The molecule has 0 heterocycles. The molecule has 0 radical (unpaired) electrons. The van der Waals surface area contributed by atoms with Crippen LogP contribution < -0.4 is 9.46 Å². The van der Waals surface area contributed by atoms with Gasteiger partial charge in [0, 0.05) is 8.99 Å². The normalized spacial score (nSPS) is 37.9. The molecule has 2 N–H and O–H groups in total. The van der Waals surface area contributed by atoms with Crippen molar-refractivity contribution in [1.82, 2.24) is 0 Å². The van der Waals surface area contributed by atoms with Crippen LogP contribution in [0.1, 0.15) is 40.2 Å². The van der Waals surface area contributed by atoms with E-state index in [1.165, 1.54) is 18.2 Å². The lowest BCUT2D eigenvalue weighted by molar-refractivity contribution is -0.616. The van der Waals surface area contributed by atoms with Gasteiger partial charge in [-0.05, 0) is 113 Å². The van der Waals surface area contributed by atoms with E-state index in [1.54, 1.807) is 12.1 Å². The lowest BCUT2D eigenvalue weighted by Gasteiger charge is -3.07. The zero-order valence-corrected chi connectivity index (χ0v) is 21.4. The fourth-order valence-electron chi connectivity index (χ4n) is 8.83. The van der Waals surface area contributed by atoms with Gasteiger partial charge in [-0.2, -0.15) is 5.26 Å². The van der Waals surface area contributed by atoms with Gasteiger partial charge in [0.2, 0.25) is 0 Å². The highest BCUT2D eigenvalue weighted by Crippen LogP contribution is 3.05. The van der Waals surface area contributed by atoms with Crippen LogP contribution in [-0.4, -0.2) is 26.1 Å². The highest BCUT2D eigenvalue weighted by Gasteiger charge is 3.04. The van der Waals surface area contributed by atoms with Gasteiger partial charge in [-0.15, -0.1) is 0 Å². The average molecular weight is 600 g/mol. The summed E-state index contributed by atoms with van der Waals surface area (Å²) in [4.78, 5) is 11.5. The fourth-order valence-corrected chi connectivity index (χ4v) is 10.8. The van der Waals surface area contributed by atoms with E-state index in [4.69, 9.17) is 4.74 Å². The quantitative estimate of drug-likeness (QED) is 0.437. The highest BCUT2D eigenvalue weighted by molar-refractivity contribution is 14.1. The van der Waals surface area contributed by atoms with Gasteiger partial charge < -0.3 is 9.84 Å². The molecule has 0 spiro atoms. The summed E-state index contributed by atoms with van der Waals surface area (Å²) in [5.41, 5.74) is 1.43. The molecule has 7 aliphatic rings. The Hall–Kier alpha value is -2.32. The van der Waals surface area contributed by atoms with Crippen molar-refractivity contribution in [2.24, 2.45) is 46.8 Å². The summed E-state index contributed by atoms with van der Waals surface area (Å²) in [7, 11) is -4.11. The summed E-state index contributed by atoms with van der Waals surface area (Å²) in [6, 6.07) is 9.65. The Morgan fingerprint density at radius 3 is 2.43 bits per heavy atom. The molecule has 2 aromatic carbocycles. The van der Waals surface area contributed by atoms with Gasteiger partial charge in [0.05, 0.1) is 28.3 Å². The van der Waals surface area contributed by atoms with Crippen LogP contribution in [0.15, 0.2) is 35.2 Å². The second-order valence-electron chi connectivity index (χ2n) is 11.2. The minimum absolute atomic E-state index is 0.0239. The van der Waals surface area contributed by atoms with Crippen LogP contribution in [-0.2, 0) is 10.0 Å². The van der Waals surface area contributed by atoms with Crippen molar-refractivity contribution in [3.63, 3.8) is 0 Å². The van der Waals surface area contributed by atoms with Gasteiger partial charge in [0.1, 0.15) is 11.8 Å². The van der Waals surface area contributed by atoms with Gasteiger partial charge in [-0.25, -0.2) is 13.2 Å². The van der Waals surface area contributed by atoms with Crippen LogP contribution in [0.25, 0.3) is 0 Å². The first-order valence-electron chi connectivity index (χ1n) is 12.0. The Labute approximate surface area is 216 Å². The van der Waals surface area contributed by atoms with Gasteiger partial charge in [-0.1, -0.05) is 6.07 Å². The molecule has 7 aliphatic carbocycles. The van der Waals surface area contributed by atoms with E-state index in [9.17, 15) is 23.6 Å². The zero-order valence-electron chi connectivity index (χ0n) is 18.4. The number of rotatable bonds is 8. The second-order valence-corrected chi connectivity index (χ2v) is 14.0. The van der Waals surface area contributed by atoms with Gasteiger partial charge in [-0.3, -0.25) is 4.72 Å². The summed E-state index contributed by atoms with van der Waals surface area (Å²) in [6.45, 7) is 0.599. The topological polar surface area (TPSA) is 116 Å². The minimum atomic E-state index is -4.11. The maximum Gasteiger partial charge on any atom is 0.335 e. The highest BCUT2D eigenvalue weighted by atomic mass is 127. The monoisotopic (exact) mass is 600 g/mol. The van der Waals surface area contributed by atoms with E-state index in [2.05, 4.69) is 33.4 Å². The first kappa shape index (κ1) is 20.8. The summed E-state index contributed by atoms with van der Waals surface area (Å²) in [5, 5.41) is 19.0. The molecule has 0 unspecified atom stereocenters. The van der Waals surface area contributed by atoms with Crippen LogP contribution in [0.2, 0.25) is 0 Å². The number of carboxylic acids is 1. The van der Waals surface area contributed by atoms with Crippen LogP contribution in [0, 0.1) is 61.7 Å². The standard InChI is InChI=1S/C26H21IN2O5S/c27-14-7-16(34-9-26-22-19-18-20(22)24(26)21(18)23(19)26)15(5-12(14)8-28)29-35(32,33)17-6-11(25(30)31)3-4-13(17)10-1-2-10/h3-7,10,18-24,29H,1-2,9H2,(H,30,31). The Kier molecular flexibility index (Phi) is 3.76. The molecule has 178 valence electrons. The van der Waals surface area contributed by atoms with E-state index in [0.717, 1.165) is 54.3 Å². The molecule has 9 heteroatoms. The summed E-state index contributed by atoms with van der Waals surface area (Å²) in [6.07, 6.45) is 1.75. The summed E-state index contributed by atoms with van der Waals surface area (Å²) in [5.74, 6) is 5.59. The van der Waals surface area contributed by atoms with Crippen LogP contribution in [0.3, 0.4) is 0 Å². The number of carboxylic acid groups (broad SMARTS) is 1. The van der Waals surface area contributed by atoms with E-state index >= 15 is 0 Å². The molecule has 0 atom stereocenters. The van der Waals surface area contributed by atoms with E-state index in [1.807, 2.05) is 0 Å². The minimum Gasteiger partial charge on any atom is -0.491 e. The first-order chi connectivity index (χ1) is 16.8. The lowest BCUT2D eigenvalue weighted by atomic mass is 8.97. The number of sulfonamides is 1. The number of anilines is 1. The third-order valence-electron chi connectivity index (χ3n) is 10.2. The van der Waals surface area contributed by atoms with E-state index in [0.29, 0.717) is 32.5 Å². The van der Waals surface area contributed by atoms with Gasteiger partial charge >= 0.3 is 5.97 Å². The molecule has 0 aliphatic heterocycles. The molecular weight excluding hydrogens is 579 g/mol. The van der Waals surface area contributed by atoms with E-state index < -0.39 is 16.0 Å². The number of ether oxygens (including phenoxy) is 1. The van der Waals surface area contributed by atoms with Crippen LogP contribution >= 0.6 is 22.6 Å². The number of nitriles is 1. The number of hydrogen-bond acceptors (Lipinski definition) is 5. The van der Waals surface area contributed by atoms with Crippen molar-refractivity contribution in [2.45, 2.75) is 23.7 Å². The third kappa shape index (κ3) is 2.28. The number of benzene rings is 2. The van der Waals surface area contributed by atoms with Crippen LogP contribution in [0.4, 0.5) is 5.69 Å². The number of nitrogens with zero attached hydrogens (tertiary/aromatic N) is 1. The van der Waals surface area contributed by atoms with Crippen molar-refractivity contribution >= 4 is 44.3 Å². The van der Waals surface area contributed by atoms with Crippen molar-refractivity contribution in [3.8, 4) is 11.8 Å². The predicted molar refractivity (Wildman–Crippen MR) is 132 cm³/mol. The summed E-state index contributed by atoms with van der Waals surface area (Å²) >= 11 is 2.07. The SMILES string of the molecule is N#Cc1cc(NS(=O)(=O)c2cc(C(=O)O)ccc2C2CC2)c(OCC23C4C5C6C4C2C6C53)cc1I. The molecular formula is C26H21IN2O5S. The molecule has 35 heavy (non-hydrogen) atoms. The van der Waals surface area contributed by atoms with Gasteiger partial charge in [0.15, 0.2) is 0 Å².